The van der Waals surface area contributed by atoms with Crippen LogP contribution in [0.5, 0.6) is 5.75 Å². The van der Waals surface area contributed by atoms with E-state index in [1.54, 1.807) is 18.2 Å². The van der Waals surface area contributed by atoms with Crippen LogP contribution in [0.4, 0.5) is 5.69 Å². The van der Waals surface area contributed by atoms with Gasteiger partial charge in [0, 0.05) is 0 Å². The number of benzene rings is 1. The van der Waals surface area contributed by atoms with E-state index in [1.165, 1.54) is 14.0 Å². The highest BCUT2D eigenvalue weighted by Gasteiger charge is 2.26. The molecule has 0 fully saturated rings. The Bertz CT molecular complexity index is 430. The quantitative estimate of drug-likeness (QED) is 0.542. The number of carbonyl (C=O) groups is 1. The molecule has 18 heavy (non-hydrogen) atoms. The third-order valence-corrected chi connectivity index (χ3v) is 2.61. The first-order valence-corrected chi connectivity index (χ1v) is 5.44. The van der Waals surface area contributed by atoms with Crippen LogP contribution in [-0.4, -0.2) is 42.0 Å². The van der Waals surface area contributed by atoms with Gasteiger partial charge in [0.05, 0.1) is 37.1 Å². The molecule has 1 aromatic rings. The number of nitrogens with one attached hydrogen (secondary N) is 1. The van der Waals surface area contributed by atoms with E-state index in [1.807, 2.05) is 0 Å². The number of aliphatic hydroxyl groups excluding tert-OH is 2. The van der Waals surface area contributed by atoms with Gasteiger partial charge in [0.1, 0.15) is 0 Å². The summed E-state index contributed by atoms with van der Waals surface area (Å²) >= 11 is 0. The number of hydrogen-bond donors (Lipinski definition) is 4. The van der Waals surface area contributed by atoms with Crippen molar-refractivity contribution in [2.24, 2.45) is 0 Å². The molecule has 0 atom stereocenters. The number of amides is 1. The molecule has 1 rings (SSSR count). The van der Waals surface area contributed by atoms with E-state index in [-0.39, 0.29) is 24.5 Å². The standard InChI is InChI=1S/C12H18N2O4/c1-12(6-15,7-16)14-11(17)8-4-3-5-9(13)10(8)18-2/h3-5,15-16H,6-7,13H2,1-2H3,(H,14,17). The van der Waals surface area contributed by atoms with Crippen molar-refractivity contribution >= 4 is 11.6 Å². The molecule has 0 radical (unpaired) electrons. The topological polar surface area (TPSA) is 105 Å². The molecule has 0 bridgehead atoms. The Morgan fingerprint density at radius 2 is 2.06 bits per heavy atom. The van der Waals surface area contributed by atoms with Crippen molar-refractivity contribution in [2.75, 3.05) is 26.1 Å². The minimum absolute atomic E-state index is 0.255. The van der Waals surface area contributed by atoms with E-state index in [0.717, 1.165) is 0 Å². The summed E-state index contributed by atoms with van der Waals surface area (Å²) in [4.78, 5) is 12.0. The molecule has 5 N–H and O–H groups in total. The fourth-order valence-electron chi connectivity index (χ4n) is 1.43. The van der Waals surface area contributed by atoms with Crippen molar-refractivity contribution in [3.63, 3.8) is 0 Å². The lowest BCUT2D eigenvalue weighted by atomic mass is 10.0. The molecule has 100 valence electrons. The zero-order chi connectivity index (χ0) is 13.8. The maximum absolute atomic E-state index is 12.0. The molecule has 0 aromatic heterocycles. The molecule has 0 saturated carbocycles. The summed E-state index contributed by atoms with van der Waals surface area (Å²) in [5.74, 6) is -0.196. The van der Waals surface area contributed by atoms with Crippen molar-refractivity contribution in [1.29, 1.82) is 0 Å². The van der Waals surface area contributed by atoms with Gasteiger partial charge in [0.15, 0.2) is 5.75 Å². The Hall–Kier alpha value is -1.79. The highest BCUT2D eigenvalue weighted by atomic mass is 16.5. The van der Waals surface area contributed by atoms with Gasteiger partial charge in [-0.05, 0) is 19.1 Å². The predicted octanol–water partition coefficient (Wildman–Crippen LogP) is -0.249. The van der Waals surface area contributed by atoms with Crippen LogP contribution < -0.4 is 15.8 Å². The van der Waals surface area contributed by atoms with Gasteiger partial charge in [-0.3, -0.25) is 4.79 Å². The first kappa shape index (κ1) is 14.3. The number of carbonyl (C=O) groups excluding carboxylic acids is 1. The number of hydrogen-bond acceptors (Lipinski definition) is 5. The van der Waals surface area contributed by atoms with Crippen molar-refractivity contribution in [3.05, 3.63) is 23.8 Å². The maximum Gasteiger partial charge on any atom is 0.255 e. The van der Waals surface area contributed by atoms with Gasteiger partial charge in [-0.25, -0.2) is 0 Å². The number of anilines is 1. The first-order valence-electron chi connectivity index (χ1n) is 5.44. The second kappa shape index (κ2) is 5.70. The van der Waals surface area contributed by atoms with E-state index in [9.17, 15) is 4.79 Å². The summed E-state index contributed by atoms with van der Waals surface area (Å²) in [6, 6.07) is 4.80. The van der Waals surface area contributed by atoms with E-state index in [2.05, 4.69) is 5.32 Å². The molecule has 1 aromatic carbocycles. The molecular weight excluding hydrogens is 236 g/mol. The fraction of sp³-hybridized carbons (Fsp3) is 0.417. The second-order valence-corrected chi connectivity index (χ2v) is 4.26. The third-order valence-electron chi connectivity index (χ3n) is 2.61. The smallest absolute Gasteiger partial charge is 0.255 e. The van der Waals surface area contributed by atoms with E-state index in [0.29, 0.717) is 5.69 Å². The molecule has 0 aliphatic rings. The molecule has 0 spiro atoms. The molecule has 0 unspecified atom stereocenters. The van der Waals surface area contributed by atoms with Crippen LogP contribution in [0.25, 0.3) is 0 Å². The zero-order valence-corrected chi connectivity index (χ0v) is 10.4. The third kappa shape index (κ3) is 2.91. The van der Waals surface area contributed by atoms with Gasteiger partial charge in [-0.15, -0.1) is 0 Å². The molecule has 1 amide bonds. The minimum Gasteiger partial charge on any atom is -0.494 e. The van der Waals surface area contributed by atoms with Crippen LogP contribution in [0.1, 0.15) is 17.3 Å². The zero-order valence-electron chi connectivity index (χ0n) is 10.4. The normalized spacial score (nSPS) is 11.1. The average Bonchev–Trinajstić information content (AvgIpc) is 2.38. The largest absolute Gasteiger partial charge is 0.494 e. The summed E-state index contributed by atoms with van der Waals surface area (Å²) in [7, 11) is 1.42. The average molecular weight is 254 g/mol. The van der Waals surface area contributed by atoms with Gasteiger partial charge in [-0.2, -0.15) is 0 Å². The molecular formula is C12H18N2O4. The molecule has 6 heteroatoms. The summed E-state index contributed by atoms with van der Waals surface area (Å²) < 4.78 is 5.07. The van der Waals surface area contributed by atoms with E-state index >= 15 is 0 Å². The second-order valence-electron chi connectivity index (χ2n) is 4.26. The van der Waals surface area contributed by atoms with Crippen LogP contribution in [-0.2, 0) is 0 Å². The Balaban J connectivity index is 3.01. The molecule has 0 heterocycles. The molecule has 0 saturated heterocycles. The van der Waals surface area contributed by atoms with Crippen molar-refractivity contribution in [2.45, 2.75) is 12.5 Å². The van der Waals surface area contributed by atoms with Crippen LogP contribution in [0.15, 0.2) is 18.2 Å². The molecule has 0 aliphatic carbocycles. The summed E-state index contributed by atoms with van der Waals surface area (Å²) in [6.07, 6.45) is 0. The van der Waals surface area contributed by atoms with Gasteiger partial charge >= 0.3 is 0 Å². The van der Waals surface area contributed by atoms with Gasteiger partial charge in [-0.1, -0.05) is 6.07 Å². The first-order chi connectivity index (χ1) is 8.47. The van der Waals surface area contributed by atoms with Crippen LogP contribution in [0.3, 0.4) is 0 Å². The van der Waals surface area contributed by atoms with Gasteiger partial charge in [0.25, 0.3) is 5.91 Å². The Morgan fingerprint density at radius 3 is 2.56 bits per heavy atom. The van der Waals surface area contributed by atoms with Crippen molar-refractivity contribution < 1.29 is 19.7 Å². The Labute approximate surface area is 105 Å². The Morgan fingerprint density at radius 1 is 1.44 bits per heavy atom. The van der Waals surface area contributed by atoms with Crippen LogP contribution in [0.2, 0.25) is 0 Å². The molecule has 6 nitrogen and oxygen atoms in total. The maximum atomic E-state index is 12.0. The summed E-state index contributed by atoms with van der Waals surface area (Å²) in [5.41, 5.74) is 5.21. The predicted molar refractivity (Wildman–Crippen MR) is 67.4 cm³/mol. The highest BCUT2D eigenvalue weighted by molar-refractivity contribution is 5.99. The lowest BCUT2D eigenvalue weighted by Gasteiger charge is -2.26. The summed E-state index contributed by atoms with van der Waals surface area (Å²) in [5, 5.41) is 20.8. The number of nitrogens with two attached hydrogens (primary N) is 1. The lowest BCUT2D eigenvalue weighted by molar-refractivity contribution is 0.0721. The number of ether oxygens (including phenoxy) is 1. The fourth-order valence-corrected chi connectivity index (χ4v) is 1.43. The monoisotopic (exact) mass is 254 g/mol. The van der Waals surface area contributed by atoms with Crippen molar-refractivity contribution in [3.8, 4) is 5.75 Å². The SMILES string of the molecule is COc1c(N)cccc1C(=O)NC(C)(CO)CO. The number of methoxy groups -OCH3 is 1. The number of aliphatic hydroxyl groups is 2. The Kier molecular flexibility index (Phi) is 4.52. The number of nitrogen functional groups attached to an aromatic ring is 1. The van der Waals surface area contributed by atoms with E-state index < -0.39 is 11.4 Å². The number of para-hydroxylation sites is 1. The van der Waals surface area contributed by atoms with E-state index in [4.69, 9.17) is 20.7 Å². The van der Waals surface area contributed by atoms with Crippen LogP contribution >= 0.6 is 0 Å². The summed E-state index contributed by atoms with van der Waals surface area (Å²) in [6.45, 7) is 0.781. The van der Waals surface area contributed by atoms with Gasteiger partial charge in [0.2, 0.25) is 0 Å². The van der Waals surface area contributed by atoms with Crippen molar-refractivity contribution in [1.82, 2.24) is 5.32 Å². The minimum atomic E-state index is -1.09. The number of rotatable bonds is 5. The molecule has 0 aliphatic heterocycles. The van der Waals surface area contributed by atoms with Crippen LogP contribution in [0, 0.1) is 0 Å². The lowest BCUT2D eigenvalue weighted by Crippen LogP contribution is -2.51. The van der Waals surface area contributed by atoms with Gasteiger partial charge < -0.3 is 26.0 Å². The highest BCUT2D eigenvalue weighted by Crippen LogP contribution is 2.26.